The van der Waals surface area contributed by atoms with Gasteiger partial charge in [-0.15, -0.1) is 0 Å². The van der Waals surface area contributed by atoms with Crippen LogP contribution in [0.5, 0.6) is 5.75 Å². The quantitative estimate of drug-likeness (QED) is 0.343. The SMILES string of the molecule is Cc1ccc(S(=O)(=O)Nc2ccc3c(c2)C(=O)N([C@@H](C)CO)C[C@@H](C)[C@H](CN(C)Cc2ccc(C(F)(F)F)cc2)O3)cc1. The van der Waals surface area contributed by atoms with Crippen molar-refractivity contribution >= 4 is 21.6 Å². The lowest BCUT2D eigenvalue weighted by Crippen LogP contribution is -2.49. The summed E-state index contributed by atoms with van der Waals surface area (Å²) in [5, 5.41) is 9.90. The fourth-order valence-electron chi connectivity index (χ4n) is 4.92. The number of rotatable bonds is 9. The van der Waals surface area contributed by atoms with Gasteiger partial charge in [0.2, 0.25) is 0 Å². The number of alkyl halides is 3. The van der Waals surface area contributed by atoms with E-state index in [0.717, 1.165) is 17.7 Å². The highest BCUT2D eigenvalue weighted by Gasteiger charge is 2.34. The number of sulfonamides is 1. The summed E-state index contributed by atoms with van der Waals surface area (Å²) >= 11 is 0. The number of hydrogen-bond donors (Lipinski definition) is 2. The maximum atomic E-state index is 13.7. The molecule has 0 spiro atoms. The van der Waals surface area contributed by atoms with Gasteiger partial charge in [0, 0.05) is 31.2 Å². The van der Waals surface area contributed by atoms with E-state index in [1.807, 2.05) is 25.8 Å². The minimum atomic E-state index is -4.41. The minimum absolute atomic E-state index is 0.0768. The molecular formula is C31H36F3N3O5S. The van der Waals surface area contributed by atoms with Crippen molar-refractivity contribution in [3.05, 3.63) is 89.0 Å². The van der Waals surface area contributed by atoms with Gasteiger partial charge in [0.05, 0.1) is 28.7 Å². The van der Waals surface area contributed by atoms with E-state index in [4.69, 9.17) is 4.74 Å². The van der Waals surface area contributed by atoms with Gasteiger partial charge in [-0.1, -0.05) is 36.8 Å². The normalized spacial score (nSPS) is 18.4. The van der Waals surface area contributed by atoms with Crippen molar-refractivity contribution in [1.29, 1.82) is 0 Å². The molecule has 3 aromatic carbocycles. The van der Waals surface area contributed by atoms with Crippen molar-refractivity contribution in [2.75, 3.05) is 31.5 Å². The summed E-state index contributed by atoms with van der Waals surface area (Å²) in [6.45, 7) is 6.25. The molecule has 4 rings (SSSR count). The lowest BCUT2D eigenvalue weighted by molar-refractivity contribution is -0.137. The zero-order valence-electron chi connectivity index (χ0n) is 24.4. The van der Waals surface area contributed by atoms with Gasteiger partial charge in [-0.2, -0.15) is 13.2 Å². The Balaban J connectivity index is 1.59. The van der Waals surface area contributed by atoms with Crippen molar-refractivity contribution < 1.29 is 36.2 Å². The molecule has 0 saturated heterocycles. The third-order valence-corrected chi connectivity index (χ3v) is 8.87. The number of anilines is 1. The van der Waals surface area contributed by atoms with E-state index in [9.17, 15) is 31.5 Å². The minimum Gasteiger partial charge on any atom is -0.488 e. The van der Waals surface area contributed by atoms with Crippen LogP contribution in [0.25, 0.3) is 0 Å². The van der Waals surface area contributed by atoms with E-state index in [0.29, 0.717) is 18.7 Å². The first-order valence-corrected chi connectivity index (χ1v) is 15.3. The highest BCUT2D eigenvalue weighted by atomic mass is 32.2. The number of ether oxygens (including phenoxy) is 1. The third-order valence-electron chi connectivity index (χ3n) is 7.47. The van der Waals surface area contributed by atoms with E-state index in [1.54, 1.807) is 30.0 Å². The van der Waals surface area contributed by atoms with Crippen LogP contribution >= 0.6 is 0 Å². The van der Waals surface area contributed by atoms with Crippen LogP contribution in [0, 0.1) is 12.8 Å². The van der Waals surface area contributed by atoms with E-state index < -0.39 is 39.8 Å². The number of nitrogens with zero attached hydrogens (tertiary/aromatic N) is 2. The van der Waals surface area contributed by atoms with Crippen LogP contribution < -0.4 is 9.46 Å². The highest BCUT2D eigenvalue weighted by molar-refractivity contribution is 7.92. The van der Waals surface area contributed by atoms with Gasteiger partial charge >= 0.3 is 6.18 Å². The summed E-state index contributed by atoms with van der Waals surface area (Å²) in [6.07, 6.45) is -4.84. The predicted octanol–water partition coefficient (Wildman–Crippen LogP) is 5.17. The Kier molecular flexibility index (Phi) is 9.73. The molecule has 0 fully saturated rings. The van der Waals surface area contributed by atoms with Gasteiger partial charge in [-0.3, -0.25) is 14.4 Å². The molecule has 1 heterocycles. The topological polar surface area (TPSA) is 99.2 Å². The first-order chi connectivity index (χ1) is 20.2. The number of amides is 1. The van der Waals surface area contributed by atoms with Crippen LogP contribution in [0.3, 0.4) is 0 Å². The standard InChI is InChI=1S/C31H36F3N3O5S/c1-20-5-12-26(13-6-20)43(40,41)35-25-11-14-28-27(15-25)30(39)37(22(3)19-38)16-21(2)29(42-28)18-36(4)17-23-7-9-24(10-8-23)31(32,33)34/h5-15,21-22,29,35,38H,16-19H2,1-4H3/t21-,22+,29+/m1/s1. The average Bonchev–Trinajstić information content (AvgIpc) is 2.94. The molecular weight excluding hydrogens is 583 g/mol. The zero-order valence-corrected chi connectivity index (χ0v) is 25.2. The first kappa shape index (κ1) is 32.3. The van der Waals surface area contributed by atoms with Crippen LogP contribution in [-0.2, 0) is 22.7 Å². The number of aliphatic hydroxyl groups excluding tert-OH is 1. The number of aliphatic hydroxyl groups is 1. The monoisotopic (exact) mass is 619 g/mol. The van der Waals surface area contributed by atoms with Crippen molar-refractivity contribution in [2.45, 2.75) is 50.5 Å². The van der Waals surface area contributed by atoms with E-state index >= 15 is 0 Å². The number of carbonyl (C=O) groups excluding carboxylic acids is 1. The Bertz CT molecular complexity index is 1530. The molecule has 3 aromatic rings. The Morgan fingerprint density at radius 3 is 2.35 bits per heavy atom. The van der Waals surface area contributed by atoms with E-state index in [1.165, 1.54) is 36.4 Å². The van der Waals surface area contributed by atoms with Crippen molar-refractivity contribution in [1.82, 2.24) is 9.80 Å². The molecule has 2 N–H and O–H groups in total. The van der Waals surface area contributed by atoms with E-state index in [2.05, 4.69) is 4.72 Å². The zero-order chi connectivity index (χ0) is 31.5. The maximum Gasteiger partial charge on any atom is 0.416 e. The maximum absolute atomic E-state index is 13.7. The molecule has 1 amide bonds. The van der Waals surface area contributed by atoms with Crippen LogP contribution in [0.2, 0.25) is 0 Å². The van der Waals surface area contributed by atoms with Crippen LogP contribution in [0.15, 0.2) is 71.6 Å². The number of halogens is 3. The van der Waals surface area contributed by atoms with Gasteiger partial charge in [0.1, 0.15) is 11.9 Å². The molecule has 0 aromatic heterocycles. The molecule has 232 valence electrons. The number of benzene rings is 3. The molecule has 0 unspecified atom stereocenters. The fourth-order valence-corrected chi connectivity index (χ4v) is 5.97. The Labute approximate surface area is 250 Å². The Hall–Kier alpha value is -3.61. The molecule has 1 aliphatic rings. The summed E-state index contributed by atoms with van der Waals surface area (Å²) in [5.74, 6) is -0.324. The lowest BCUT2D eigenvalue weighted by Gasteiger charge is -2.38. The van der Waals surface area contributed by atoms with Crippen LogP contribution in [0.1, 0.15) is 40.9 Å². The molecule has 0 aliphatic carbocycles. The predicted molar refractivity (Wildman–Crippen MR) is 157 cm³/mol. The number of carbonyl (C=O) groups is 1. The van der Waals surface area contributed by atoms with Gasteiger partial charge < -0.3 is 14.7 Å². The molecule has 0 radical (unpaired) electrons. The Morgan fingerprint density at radius 2 is 1.74 bits per heavy atom. The van der Waals surface area contributed by atoms with Gasteiger partial charge in [-0.05, 0) is 68.9 Å². The molecule has 0 bridgehead atoms. The summed E-state index contributed by atoms with van der Waals surface area (Å²) in [7, 11) is -2.10. The Morgan fingerprint density at radius 1 is 1.09 bits per heavy atom. The number of nitrogens with one attached hydrogen (secondary N) is 1. The van der Waals surface area contributed by atoms with Crippen molar-refractivity contribution in [2.24, 2.45) is 5.92 Å². The smallest absolute Gasteiger partial charge is 0.416 e. The van der Waals surface area contributed by atoms with Gasteiger partial charge in [0.25, 0.3) is 15.9 Å². The summed E-state index contributed by atoms with van der Waals surface area (Å²) in [6, 6.07) is 15.4. The van der Waals surface area contributed by atoms with E-state index in [-0.39, 0.29) is 41.0 Å². The summed E-state index contributed by atoms with van der Waals surface area (Å²) in [5.41, 5.74) is 1.22. The second-order valence-electron chi connectivity index (χ2n) is 11.1. The average molecular weight is 620 g/mol. The van der Waals surface area contributed by atoms with Gasteiger partial charge in [-0.25, -0.2) is 8.42 Å². The summed E-state index contributed by atoms with van der Waals surface area (Å²) in [4.78, 5) is 17.2. The molecule has 0 saturated carbocycles. The number of fused-ring (bicyclic) bond motifs is 1. The summed E-state index contributed by atoms with van der Waals surface area (Å²) < 4.78 is 73.8. The second kappa shape index (κ2) is 12.9. The van der Waals surface area contributed by atoms with Crippen molar-refractivity contribution in [3.8, 4) is 5.75 Å². The molecule has 8 nitrogen and oxygen atoms in total. The number of aryl methyl sites for hydroxylation is 1. The molecule has 1 aliphatic heterocycles. The van der Waals surface area contributed by atoms with Crippen molar-refractivity contribution in [3.63, 3.8) is 0 Å². The molecule has 43 heavy (non-hydrogen) atoms. The highest BCUT2D eigenvalue weighted by Crippen LogP contribution is 2.32. The fraction of sp³-hybridized carbons (Fsp3) is 0.387. The molecule has 12 heteroatoms. The third kappa shape index (κ3) is 7.87. The largest absolute Gasteiger partial charge is 0.488 e. The van der Waals surface area contributed by atoms with Crippen LogP contribution in [0.4, 0.5) is 18.9 Å². The molecule has 3 atom stereocenters. The number of hydrogen-bond acceptors (Lipinski definition) is 6. The van der Waals surface area contributed by atoms with Gasteiger partial charge in [0.15, 0.2) is 0 Å². The second-order valence-corrected chi connectivity index (χ2v) is 12.8. The lowest BCUT2D eigenvalue weighted by atomic mass is 9.99. The number of likely N-dealkylation sites (N-methyl/N-ethyl adjacent to an activating group) is 1. The first-order valence-electron chi connectivity index (χ1n) is 13.8. The van der Waals surface area contributed by atoms with Crippen LogP contribution in [-0.4, -0.2) is 68.1 Å².